The smallest absolute Gasteiger partial charge is 0.337 e. The molecule has 1 aromatic carbocycles. The van der Waals surface area contributed by atoms with Crippen LogP contribution in [0.1, 0.15) is 18.5 Å². The minimum Gasteiger partial charge on any atom is -0.467 e. The lowest BCUT2D eigenvalue weighted by atomic mass is 10.0. The van der Waals surface area contributed by atoms with E-state index in [0.717, 1.165) is 0 Å². The van der Waals surface area contributed by atoms with Gasteiger partial charge in [0.05, 0.1) is 13.2 Å². The lowest BCUT2D eigenvalue weighted by molar-refractivity contribution is -0.152. The van der Waals surface area contributed by atoms with E-state index in [1.165, 1.54) is 14.0 Å². The number of esters is 1. The van der Waals surface area contributed by atoms with Crippen molar-refractivity contribution < 1.29 is 19.4 Å². The number of methoxy groups -OCH3 is 1. The summed E-state index contributed by atoms with van der Waals surface area (Å²) in [5.41, 5.74) is 0.639. The van der Waals surface area contributed by atoms with Gasteiger partial charge < -0.3 is 15.2 Å². The minimum atomic E-state index is -1.42. The average molecular weight is 237 g/mol. The zero-order valence-electron chi connectivity index (χ0n) is 9.71. The highest BCUT2D eigenvalue weighted by Crippen LogP contribution is 2.17. The van der Waals surface area contributed by atoms with Crippen LogP contribution in [-0.2, 0) is 14.3 Å². The highest BCUT2D eigenvalue weighted by molar-refractivity contribution is 5.78. The van der Waals surface area contributed by atoms with Crippen molar-refractivity contribution in [1.29, 1.82) is 0 Å². The van der Waals surface area contributed by atoms with Crippen molar-refractivity contribution in [2.75, 3.05) is 7.11 Å². The van der Waals surface area contributed by atoms with Crippen molar-refractivity contribution in [3.05, 3.63) is 35.9 Å². The Hall–Kier alpha value is -1.88. The SMILES string of the molecule is COC(=O)[C@H](O)[C@@H](NC(C)=O)c1ccccc1. The van der Waals surface area contributed by atoms with Gasteiger partial charge in [0.25, 0.3) is 0 Å². The van der Waals surface area contributed by atoms with Gasteiger partial charge in [-0.25, -0.2) is 4.79 Å². The molecule has 0 unspecified atom stereocenters. The van der Waals surface area contributed by atoms with E-state index in [1.807, 2.05) is 0 Å². The Bertz CT molecular complexity index is 391. The van der Waals surface area contributed by atoms with Crippen molar-refractivity contribution in [2.45, 2.75) is 19.1 Å². The number of hydrogen-bond acceptors (Lipinski definition) is 4. The van der Waals surface area contributed by atoms with E-state index in [9.17, 15) is 14.7 Å². The Morgan fingerprint density at radius 3 is 2.35 bits per heavy atom. The molecule has 1 amide bonds. The van der Waals surface area contributed by atoms with Crippen LogP contribution in [0.3, 0.4) is 0 Å². The summed E-state index contributed by atoms with van der Waals surface area (Å²) >= 11 is 0. The van der Waals surface area contributed by atoms with Gasteiger partial charge in [-0.05, 0) is 5.56 Å². The van der Waals surface area contributed by atoms with Crippen molar-refractivity contribution >= 4 is 11.9 Å². The van der Waals surface area contributed by atoms with E-state index in [1.54, 1.807) is 30.3 Å². The van der Waals surface area contributed by atoms with Crippen molar-refractivity contribution in [1.82, 2.24) is 5.32 Å². The number of benzene rings is 1. The van der Waals surface area contributed by atoms with E-state index < -0.39 is 18.1 Å². The molecule has 0 radical (unpaired) electrons. The fraction of sp³-hybridized carbons (Fsp3) is 0.333. The molecule has 0 saturated carbocycles. The number of carbonyl (C=O) groups is 2. The quantitative estimate of drug-likeness (QED) is 0.743. The van der Waals surface area contributed by atoms with Gasteiger partial charge >= 0.3 is 5.97 Å². The highest BCUT2D eigenvalue weighted by Gasteiger charge is 2.28. The largest absolute Gasteiger partial charge is 0.467 e. The van der Waals surface area contributed by atoms with Crippen LogP contribution in [-0.4, -0.2) is 30.2 Å². The summed E-state index contributed by atoms with van der Waals surface area (Å²) in [6, 6.07) is 7.95. The number of carbonyl (C=O) groups excluding carboxylic acids is 2. The fourth-order valence-corrected chi connectivity index (χ4v) is 1.48. The summed E-state index contributed by atoms with van der Waals surface area (Å²) < 4.78 is 4.46. The standard InChI is InChI=1S/C12H15NO4/c1-8(14)13-10(11(15)12(16)17-2)9-6-4-3-5-7-9/h3-7,10-11,15H,1-2H3,(H,13,14)/t10-,11+/m0/s1. The molecule has 0 spiro atoms. The third-order valence-electron chi connectivity index (χ3n) is 2.28. The van der Waals surface area contributed by atoms with Gasteiger partial charge in [-0.3, -0.25) is 4.79 Å². The maximum absolute atomic E-state index is 11.3. The summed E-state index contributed by atoms with van der Waals surface area (Å²) in [6.45, 7) is 1.32. The third kappa shape index (κ3) is 3.57. The van der Waals surface area contributed by atoms with Crippen LogP contribution in [0.2, 0.25) is 0 Å². The highest BCUT2D eigenvalue weighted by atomic mass is 16.5. The number of hydrogen-bond donors (Lipinski definition) is 2. The Labute approximate surface area is 99.4 Å². The first-order chi connectivity index (χ1) is 8.06. The van der Waals surface area contributed by atoms with Crippen LogP contribution in [0.4, 0.5) is 0 Å². The van der Waals surface area contributed by atoms with Gasteiger partial charge in [0.1, 0.15) is 0 Å². The van der Waals surface area contributed by atoms with Gasteiger partial charge in [-0.1, -0.05) is 30.3 Å². The molecule has 0 heterocycles. The molecule has 0 fully saturated rings. The Balaban J connectivity index is 2.95. The number of ether oxygens (including phenoxy) is 1. The maximum Gasteiger partial charge on any atom is 0.337 e. The lowest BCUT2D eigenvalue weighted by Crippen LogP contribution is -2.40. The van der Waals surface area contributed by atoms with Gasteiger partial charge in [0, 0.05) is 6.92 Å². The molecule has 2 atom stereocenters. The molecule has 0 saturated heterocycles. The summed E-state index contributed by atoms with van der Waals surface area (Å²) in [7, 11) is 1.18. The molecule has 2 N–H and O–H groups in total. The molecule has 1 rings (SSSR count). The van der Waals surface area contributed by atoms with Crippen molar-refractivity contribution in [3.8, 4) is 0 Å². The van der Waals surface area contributed by atoms with Crippen LogP contribution in [0, 0.1) is 0 Å². The summed E-state index contributed by atoms with van der Waals surface area (Å²) in [5, 5.41) is 12.3. The van der Waals surface area contributed by atoms with Crippen LogP contribution in [0.25, 0.3) is 0 Å². The number of nitrogens with one attached hydrogen (secondary N) is 1. The van der Waals surface area contributed by atoms with Gasteiger partial charge in [-0.15, -0.1) is 0 Å². The van der Waals surface area contributed by atoms with E-state index >= 15 is 0 Å². The van der Waals surface area contributed by atoms with Gasteiger partial charge in [-0.2, -0.15) is 0 Å². The monoisotopic (exact) mass is 237 g/mol. The summed E-state index contributed by atoms with van der Waals surface area (Å²) in [6.07, 6.45) is -1.42. The zero-order valence-corrected chi connectivity index (χ0v) is 9.71. The molecular weight excluding hydrogens is 222 g/mol. The first-order valence-electron chi connectivity index (χ1n) is 5.14. The van der Waals surface area contributed by atoms with E-state index in [-0.39, 0.29) is 5.91 Å². The predicted octanol–water partition coefficient (Wildman–Crippen LogP) is 0.398. The number of amides is 1. The second-order valence-corrected chi connectivity index (χ2v) is 3.56. The normalized spacial score (nSPS) is 13.6. The summed E-state index contributed by atoms with van der Waals surface area (Å²) in [5.74, 6) is -1.12. The molecule has 0 aliphatic carbocycles. The topological polar surface area (TPSA) is 75.6 Å². The molecule has 0 bridgehead atoms. The fourth-order valence-electron chi connectivity index (χ4n) is 1.48. The van der Waals surface area contributed by atoms with Crippen LogP contribution < -0.4 is 5.32 Å². The van der Waals surface area contributed by atoms with Crippen LogP contribution in [0.5, 0.6) is 0 Å². The van der Waals surface area contributed by atoms with Crippen molar-refractivity contribution in [3.63, 3.8) is 0 Å². The Kier molecular flexibility index (Phi) is 4.66. The summed E-state index contributed by atoms with van der Waals surface area (Å²) in [4.78, 5) is 22.4. The number of aliphatic hydroxyl groups is 1. The second-order valence-electron chi connectivity index (χ2n) is 3.56. The molecule has 17 heavy (non-hydrogen) atoms. The first kappa shape index (κ1) is 13.2. The van der Waals surface area contributed by atoms with Crippen LogP contribution >= 0.6 is 0 Å². The van der Waals surface area contributed by atoms with Gasteiger partial charge in [0.15, 0.2) is 6.10 Å². The minimum absolute atomic E-state index is 0.332. The Morgan fingerprint density at radius 2 is 1.88 bits per heavy atom. The third-order valence-corrected chi connectivity index (χ3v) is 2.28. The number of rotatable bonds is 4. The molecule has 5 nitrogen and oxygen atoms in total. The number of aliphatic hydroxyl groups excluding tert-OH is 1. The molecule has 92 valence electrons. The van der Waals surface area contributed by atoms with Gasteiger partial charge in [0.2, 0.25) is 5.91 Å². The zero-order chi connectivity index (χ0) is 12.8. The molecule has 0 aliphatic heterocycles. The van der Waals surface area contributed by atoms with E-state index in [0.29, 0.717) is 5.56 Å². The maximum atomic E-state index is 11.3. The molecule has 0 aromatic heterocycles. The molecule has 5 heteroatoms. The van der Waals surface area contributed by atoms with E-state index in [2.05, 4.69) is 10.1 Å². The molecule has 1 aromatic rings. The van der Waals surface area contributed by atoms with Crippen molar-refractivity contribution in [2.24, 2.45) is 0 Å². The predicted molar refractivity (Wildman–Crippen MR) is 61.0 cm³/mol. The van der Waals surface area contributed by atoms with Crippen LogP contribution in [0.15, 0.2) is 30.3 Å². The average Bonchev–Trinajstić information content (AvgIpc) is 2.35. The lowest BCUT2D eigenvalue weighted by Gasteiger charge is -2.22. The van der Waals surface area contributed by atoms with E-state index in [4.69, 9.17) is 0 Å². The molecular formula is C12H15NO4. The molecule has 0 aliphatic rings. The second kappa shape index (κ2) is 6.00. The Morgan fingerprint density at radius 1 is 1.29 bits per heavy atom. The first-order valence-corrected chi connectivity index (χ1v) is 5.14.